The van der Waals surface area contributed by atoms with Crippen LogP contribution in [0.15, 0.2) is 24.8 Å². The van der Waals surface area contributed by atoms with E-state index >= 15 is 0 Å². The third-order valence-corrected chi connectivity index (χ3v) is 3.84. The number of halogens is 1. The number of carbonyl (C=O) groups is 1. The Morgan fingerprint density at radius 1 is 1.43 bits per heavy atom. The first-order valence-electron chi connectivity index (χ1n) is 7.73. The number of carbonyl (C=O) groups excluding carboxylic acids is 1. The molecular formula is C18H24FNO3. The van der Waals surface area contributed by atoms with Crippen LogP contribution in [0.1, 0.15) is 51.7 Å². The summed E-state index contributed by atoms with van der Waals surface area (Å²) >= 11 is 0. The van der Waals surface area contributed by atoms with E-state index in [1.54, 1.807) is 33.8 Å². The van der Waals surface area contributed by atoms with Crippen molar-refractivity contribution in [3.63, 3.8) is 0 Å². The molecular weight excluding hydrogens is 297 g/mol. The van der Waals surface area contributed by atoms with Gasteiger partial charge >= 0.3 is 6.09 Å². The van der Waals surface area contributed by atoms with Crippen LogP contribution >= 0.6 is 0 Å². The van der Waals surface area contributed by atoms with E-state index in [1.807, 2.05) is 0 Å². The number of hydrogen-bond acceptors (Lipinski definition) is 3. The van der Waals surface area contributed by atoms with Gasteiger partial charge in [0.2, 0.25) is 0 Å². The summed E-state index contributed by atoms with van der Waals surface area (Å²) < 4.78 is 19.1. The van der Waals surface area contributed by atoms with Crippen molar-refractivity contribution in [2.24, 2.45) is 0 Å². The van der Waals surface area contributed by atoms with Gasteiger partial charge in [0.15, 0.2) is 5.72 Å². The summed E-state index contributed by atoms with van der Waals surface area (Å²) in [5.74, 6) is -0.463. The second-order valence-corrected chi connectivity index (χ2v) is 7.02. The quantitative estimate of drug-likeness (QED) is 0.894. The SMILES string of the molecule is C=C(C)c1ccc(F)cc1[C@@]1(O)CCCN1C(=O)OC(C)(C)C. The summed E-state index contributed by atoms with van der Waals surface area (Å²) in [4.78, 5) is 13.7. The first kappa shape index (κ1) is 17.5. The van der Waals surface area contributed by atoms with Crippen molar-refractivity contribution < 1.29 is 19.0 Å². The molecule has 126 valence electrons. The van der Waals surface area contributed by atoms with Crippen molar-refractivity contribution in [1.29, 1.82) is 0 Å². The van der Waals surface area contributed by atoms with Gasteiger partial charge in [0.05, 0.1) is 0 Å². The van der Waals surface area contributed by atoms with Crippen molar-refractivity contribution in [1.82, 2.24) is 4.90 Å². The molecule has 1 atom stereocenters. The number of nitrogens with zero attached hydrogens (tertiary/aromatic N) is 1. The normalized spacial score (nSPS) is 21.4. The monoisotopic (exact) mass is 321 g/mol. The Balaban J connectivity index is 2.46. The van der Waals surface area contributed by atoms with Crippen molar-refractivity contribution >= 4 is 11.7 Å². The number of benzene rings is 1. The molecule has 0 radical (unpaired) electrons. The zero-order valence-electron chi connectivity index (χ0n) is 14.1. The van der Waals surface area contributed by atoms with Gasteiger partial charge in [-0.25, -0.2) is 9.18 Å². The Kier molecular flexibility index (Phi) is 4.53. The predicted molar refractivity (Wildman–Crippen MR) is 87.2 cm³/mol. The molecule has 0 aliphatic carbocycles. The van der Waals surface area contributed by atoms with Crippen LogP contribution in [0.3, 0.4) is 0 Å². The molecule has 5 heteroatoms. The highest BCUT2D eigenvalue weighted by Crippen LogP contribution is 2.40. The first-order valence-corrected chi connectivity index (χ1v) is 7.73. The van der Waals surface area contributed by atoms with Gasteiger partial charge in [0.25, 0.3) is 0 Å². The van der Waals surface area contributed by atoms with Crippen molar-refractivity contribution in [3.05, 3.63) is 41.7 Å². The number of likely N-dealkylation sites (tertiary alicyclic amines) is 1. The minimum absolute atomic E-state index is 0.329. The van der Waals surface area contributed by atoms with Gasteiger partial charge in [-0.1, -0.05) is 18.2 Å². The molecule has 1 aliphatic heterocycles. The second kappa shape index (κ2) is 5.96. The van der Waals surface area contributed by atoms with E-state index < -0.39 is 23.2 Å². The molecule has 1 aromatic carbocycles. The Bertz CT molecular complexity index is 636. The largest absolute Gasteiger partial charge is 0.444 e. The molecule has 1 aromatic rings. The van der Waals surface area contributed by atoms with Crippen LogP contribution in [0.5, 0.6) is 0 Å². The molecule has 1 amide bonds. The average Bonchev–Trinajstić information content (AvgIpc) is 2.79. The van der Waals surface area contributed by atoms with E-state index in [1.165, 1.54) is 17.0 Å². The zero-order valence-corrected chi connectivity index (χ0v) is 14.1. The molecule has 4 nitrogen and oxygen atoms in total. The maximum absolute atomic E-state index is 13.8. The number of allylic oxidation sites excluding steroid dienone is 1. The summed E-state index contributed by atoms with van der Waals surface area (Å²) in [5, 5.41) is 11.2. The van der Waals surface area contributed by atoms with Gasteiger partial charge in [0.1, 0.15) is 11.4 Å². The van der Waals surface area contributed by atoms with Gasteiger partial charge in [-0.3, -0.25) is 4.90 Å². The third kappa shape index (κ3) is 3.55. The molecule has 1 saturated heterocycles. The summed E-state index contributed by atoms with van der Waals surface area (Å²) in [7, 11) is 0. The number of rotatable bonds is 2. The molecule has 1 fully saturated rings. The lowest BCUT2D eigenvalue weighted by molar-refractivity contribution is -0.0896. The lowest BCUT2D eigenvalue weighted by atomic mass is 9.91. The topological polar surface area (TPSA) is 49.8 Å². The van der Waals surface area contributed by atoms with E-state index in [0.717, 1.165) is 0 Å². The number of aliphatic hydroxyl groups is 1. The maximum Gasteiger partial charge on any atom is 0.412 e. The molecule has 0 unspecified atom stereocenters. The Hall–Kier alpha value is -1.88. The fourth-order valence-electron chi connectivity index (χ4n) is 2.86. The number of hydrogen-bond donors (Lipinski definition) is 1. The van der Waals surface area contributed by atoms with E-state index in [2.05, 4.69) is 6.58 Å². The van der Waals surface area contributed by atoms with Crippen LogP contribution in [0.2, 0.25) is 0 Å². The fraction of sp³-hybridized carbons (Fsp3) is 0.500. The number of ether oxygens (including phenoxy) is 1. The van der Waals surface area contributed by atoms with E-state index in [9.17, 15) is 14.3 Å². The molecule has 1 aliphatic rings. The Morgan fingerprint density at radius 3 is 2.65 bits per heavy atom. The molecule has 0 aromatic heterocycles. The summed E-state index contributed by atoms with van der Waals surface area (Å²) in [6, 6.07) is 4.17. The molecule has 1 heterocycles. The Morgan fingerprint density at radius 2 is 2.09 bits per heavy atom. The van der Waals surface area contributed by atoms with Crippen LogP contribution in [-0.4, -0.2) is 28.2 Å². The van der Waals surface area contributed by atoms with E-state index in [0.29, 0.717) is 36.1 Å². The predicted octanol–water partition coefficient (Wildman–Crippen LogP) is 4.03. The highest BCUT2D eigenvalue weighted by Gasteiger charge is 2.46. The fourth-order valence-corrected chi connectivity index (χ4v) is 2.86. The minimum atomic E-state index is -1.58. The van der Waals surface area contributed by atoms with Gasteiger partial charge < -0.3 is 9.84 Å². The lowest BCUT2D eigenvalue weighted by Gasteiger charge is -2.36. The van der Waals surface area contributed by atoms with E-state index in [4.69, 9.17) is 4.74 Å². The lowest BCUT2D eigenvalue weighted by Crippen LogP contribution is -2.47. The first-order chi connectivity index (χ1) is 10.5. The van der Waals surface area contributed by atoms with Crippen LogP contribution in [0.25, 0.3) is 5.57 Å². The molecule has 2 rings (SSSR count). The summed E-state index contributed by atoms with van der Waals surface area (Å²) in [6.07, 6.45) is 0.340. The highest BCUT2D eigenvalue weighted by molar-refractivity contribution is 5.72. The van der Waals surface area contributed by atoms with Crippen LogP contribution in [0, 0.1) is 5.82 Å². The van der Waals surface area contributed by atoms with Crippen LogP contribution < -0.4 is 0 Å². The molecule has 0 saturated carbocycles. The summed E-state index contributed by atoms with van der Waals surface area (Å²) in [6.45, 7) is 11.3. The zero-order chi connectivity index (χ0) is 17.4. The Labute approximate surface area is 136 Å². The molecule has 1 N–H and O–H groups in total. The van der Waals surface area contributed by atoms with Gasteiger partial charge in [0, 0.05) is 18.5 Å². The van der Waals surface area contributed by atoms with Crippen molar-refractivity contribution in [3.8, 4) is 0 Å². The van der Waals surface area contributed by atoms with Gasteiger partial charge in [-0.2, -0.15) is 0 Å². The standard InChI is InChI=1S/C18H24FNO3/c1-12(2)14-8-7-13(19)11-15(14)18(22)9-6-10-20(18)16(21)23-17(3,4)5/h7-8,11,22H,1,6,9-10H2,2-5H3/t18-/m0/s1. The summed E-state index contributed by atoms with van der Waals surface area (Å²) in [5.41, 5.74) is -0.555. The number of amides is 1. The third-order valence-electron chi connectivity index (χ3n) is 3.84. The molecule has 23 heavy (non-hydrogen) atoms. The molecule has 0 bridgehead atoms. The van der Waals surface area contributed by atoms with Gasteiger partial charge in [-0.05, 0) is 51.8 Å². The highest BCUT2D eigenvalue weighted by atomic mass is 19.1. The van der Waals surface area contributed by atoms with Gasteiger partial charge in [-0.15, -0.1) is 0 Å². The average molecular weight is 321 g/mol. The van der Waals surface area contributed by atoms with Crippen molar-refractivity contribution in [2.45, 2.75) is 51.9 Å². The second-order valence-electron chi connectivity index (χ2n) is 7.02. The maximum atomic E-state index is 13.8. The van der Waals surface area contributed by atoms with E-state index in [-0.39, 0.29) is 0 Å². The van der Waals surface area contributed by atoms with Crippen molar-refractivity contribution in [2.75, 3.05) is 6.54 Å². The van der Waals surface area contributed by atoms with Crippen LogP contribution in [0.4, 0.5) is 9.18 Å². The smallest absolute Gasteiger partial charge is 0.412 e. The minimum Gasteiger partial charge on any atom is -0.444 e. The molecule has 0 spiro atoms. The van der Waals surface area contributed by atoms with Crippen LogP contribution in [-0.2, 0) is 10.5 Å².